The molecular weight excluding hydrogens is 224 g/mol. The average molecular weight is 248 g/mol. The molecule has 2 nitrogen and oxygen atoms in total. The van der Waals surface area contributed by atoms with Gasteiger partial charge in [0.25, 0.3) is 0 Å². The van der Waals surface area contributed by atoms with Gasteiger partial charge in [-0.15, -0.1) is 0 Å². The normalized spacial score (nSPS) is 29.9. The van der Waals surface area contributed by atoms with Crippen LogP contribution in [-0.2, 0) is 0 Å². The zero-order chi connectivity index (χ0) is 13.1. The van der Waals surface area contributed by atoms with Gasteiger partial charge in [-0.1, -0.05) is 26.0 Å². The molecule has 0 heterocycles. The Hall–Kier alpha value is -1.02. The van der Waals surface area contributed by atoms with E-state index in [9.17, 15) is 5.11 Å². The maximum absolute atomic E-state index is 10.5. The minimum absolute atomic E-state index is 0.356. The molecular formula is C16H24O2. The van der Waals surface area contributed by atoms with Crippen LogP contribution in [-0.4, -0.2) is 12.2 Å². The molecule has 18 heavy (non-hydrogen) atoms. The molecule has 0 saturated heterocycles. The van der Waals surface area contributed by atoms with Crippen molar-refractivity contribution in [2.24, 2.45) is 17.8 Å². The van der Waals surface area contributed by atoms with Crippen molar-refractivity contribution in [3.05, 3.63) is 29.8 Å². The van der Waals surface area contributed by atoms with Gasteiger partial charge in [0.05, 0.1) is 13.2 Å². The molecule has 100 valence electrons. The first kappa shape index (κ1) is 13.4. The van der Waals surface area contributed by atoms with Crippen molar-refractivity contribution in [3.63, 3.8) is 0 Å². The molecule has 1 aromatic rings. The molecule has 0 spiro atoms. The first-order valence-corrected chi connectivity index (χ1v) is 6.92. The van der Waals surface area contributed by atoms with E-state index in [0.29, 0.717) is 5.92 Å². The SMILES string of the molecule is COc1cccc(C(O)C2CC(C)CC(C)C2)c1. The van der Waals surface area contributed by atoms with Crippen LogP contribution in [0.5, 0.6) is 5.75 Å². The Balaban J connectivity index is 2.11. The summed E-state index contributed by atoms with van der Waals surface area (Å²) >= 11 is 0. The molecule has 0 bridgehead atoms. The Morgan fingerprint density at radius 2 is 1.83 bits per heavy atom. The van der Waals surface area contributed by atoms with Gasteiger partial charge < -0.3 is 9.84 Å². The van der Waals surface area contributed by atoms with Gasteiger partial charge in [0, 0.05) is 0 Å². The summed E-state index contributed by atoms with van der Waals surface area (Å²) < 4.78 is 5.22. The molecule has 3 atom stereocenters. The summed E-state index contributed by atoms with van der Waals surface area (Å²) in [6.45, 7) is 4.59. The predicted octanol–water partition coefficient (Wildman–Crippen LogP) is 3.80. The monoisotopic (exact) mass is 248 g/mol. The van der Waals surface area contributed by atoms with E-state index in [1.807, 2.05) is 24.3 Å². The van der Waals surface area contributed by atoms with Crippen LogP contribution >= 0.6 is 0 Å². The van der Waals surface area contributed by atoms with Crippen LogP contribution in [0.4, 0.5) is 0 Å². The van der Waals surface area contributed by atoms with E-state index in [1.54, 1.807) is 7.11 Å². The first-order chi connectivity index (χ1) is 8.60. The Labute approximate surface area is 110 Å². The van der Waals surface area contributed by atoms with Gasteiger partial charge in [-0.05, 0) is 54.7 Å². The lowest BCUT2D eigenvalue weighted by Gasteiger charge is -2.34. The number of ether oxygens (including phenoxy) is 1. The standard InChI is InChI=1S/C16H24O2/c1-11-7-12(2)9-14(8-11)16(17)13-5-4-6-15(10-13)18-3/h4-6,10-12,14,16-17H,7-9H2,1-3H3. The highest BCUT2D eigenvalue weighted by molar-refractivity contribution is 5.30. The molecule has 1 aromatic carbocycles. The second-order valence-electron chi connectivity index (χ2n) is 5.90. The highest BCUT2D eigenvalue weighted by Gasteiger charge is 2.29. The van der Waals surface area contributed by atoms with Crippen LogP contribution in [0.3, 0.4) is 0 Å². The van der Waals surface area contributed by atoms with Crippen molar-refractivity contribution in [3.8, 4) is 5.75 Å². The summed E-state index contributed by atoms with van der Waals surface area (Å²) in [6.07, 6.45) is 3.19. The lowest BCUT2D eigenvalue weighted by molar-refractivity contribution is 0.0550. The number of benzene rings is 1. The Bertz CT molecular complexity index is 378. The molecule has 1 aliphatic carbocycles. The fourth-order valence-electron chi connectivity index (χ4n) is 3.36. The number of hydrogen-bond acceptors (Lipinski definition) is 2. The molecule has 2 rings (SSSR count). The van der Waals surface area contributed by atoms with E-state index < -0.39 is 0 Å². The molecule has 1 fully saturated rings. The highest BCUT2D eigenvalue weighted by Crippen LogP contribution is 2.40. The number of hydrogen-bond donors (Lipinski definition) is 1. The van der Waals surface area contributed by atoms with Crippen LogP contribution in [0.25, 0.3) is 0 Å². The Kier molecular flexibility index (Phi) is 4.28. The van der Waals surface area contributed by atoms with Crippen molar-refractivity contribution in [1.29, 1.82) is 0 Å². The van der Waals surface area contributed by atoms with Crippen LogP contribution in [0.15, 0.2) is 24.3 Å². The van der Waals surface area contributed by atoms with Crippen LogP contribution in [0.2, 0.25) is 0 Å². The molecule has 2 heteroatoms. The molecule has 0 aliphatic heterocycles. The van der Waals surface area contributed by atoms with Crippen molar-refractivity contribution in [2.75, 3.05) is 7.11 Å². The minimum atomic E-state index is -0.356. The zero-order valence-electron chi connectivity index (χ0n) is 11.6. The molecule has 0 amide bonds. The van der Waals surface area contributed by atoms with Crippen LogP contribution in [0, 0.1) is 17.8 Å². The van der Waals surface area contributed by atoms with E-state index in [2.05, 4.69) is 13.8 Å². The molecule has 0 aromatic heterocycles. The van der Waals surface area contributed by atoms with E-state index in [0.717, 1.165) is 36.0 Å². The van der Waals surface area contributed by atoms with Crippen LogP contribution < -0.4 is 4.74 Å². The van der Waals surface area contributed by atoms with Crippen molar-refractivity contribution < 1.29 is 9.84 Å². The fraction of sp³-hybridized carbons (Fsp3) is 0.625. The smallest absolute Gasteiger partial charge is 0.119 e. The zero-order valence-corrected chi connectivity index (χ0v) is 11.6. The molecule has 1 saturated carbocycles. The first-order valence-electron chi connectivity index (χ1n) is 6.92. The number of aliphatic hydroxyl groups is 1. The summed E-state index contributed by atoms with van der Waals surface area (Å²) in [5.41, 5.74) is 0.987. The van der Waals surface area contributed by atoms with Crippen molar-refractivity contribution >= 4 is 0 Å². The van der Waals surface area contributed by atoms with Crippen LogP contribution in [0.1, 0.15) is 44.8 Å². The van der Waals surface area contributed by atoms with Gasteiger partial charge in [-0.25, -0.2) is 0 Å². The lowest BCUT2D eigenvalue weighted by atomic mass is 9.73. The average Bonchev–Trinajstić information content (AvgIpc) is 2.37. The van der Waals surface area contributed by atoms with Crippen molar-refractivity contribution in [2.45, 2.75) is 39.2 Å². The maximum atomic E-state index is 10.5. The Morgan fingerprint density at radius 1 is 1.17 bits per heavy atom. The van der Waals surface area contributed by atoms with Gasteiger partial charge in [-0.3, -0.25) is 0 Å². The quantitative estimate of drug-likeness (QED) is 0.881. The largest absolute Gasteiger partial charge is 0.497 e. The van der Waals surface area contributed by atoms with Gasteiger partial charge in [0.15, 0.2) is 0 Å². The van der Waals surface area contributed by atoms with E-state index in [1.165, 1.54) is 6.42 Å². The summed E-state index contributed by atoms with van der Waals surface area (Å²) in [5, 5.41) is 10.5. The molecule has 1 N–H and O–H groups in total. The highest BCUT2D eigenvalue weighted by atomic mass is 16.5. The summed E-state index contributed by atoms with van der Waals surface area (Å²) in [5.74, 6) is 2.65. The third-order valence-electron chi connectivity index (χ3n) is 4.10. The third-order valence-corrected chi connectivity index (χ3v) is 4.10. The van der Waals surface area contributed by atoms with E-state index in [-0.39, 0.29) is 6.10 Å². The van der Waals surface area contributed by atoms with E-state index >= 15 is 0 Å². The molecule has 3 unspecified atom stereocenters. The topological polar surface area (TPSA) is 29.5 Å². The summed E-state index contributed by atoms with van der Waals surface area (Å²) in [7, 11) is 1.66. The third kappa shape index (κ3) is 3.05. The van der Waals surface area contributed by atoms with E-state index in [4.69, 9.17) is 4.74 Å². The van der Waals surface area contributed by atoms with Gasteiger partial charge in [0.2, 0.25) is 0 Å². The summed E-state index contributed by atoms with van der Waals surface area (Å²) in [6, 6.07) is 7.82. The second-order valence-corrected chi connectivity index (χ2v) is 5.90. The van der Waals surface area contributed by atoms with Gasteiger partial charge in [-0.2, -0.15) is 0 Å². The number of aliphatic hydroxyl groups excluding tert-OH is 1. The lowest BCUT2D eigenvalue weighted by Crippen LogP contribution is -2.24. The second kappa shape index (κ2) is 5.75. The number of methoxy groups -OCH3 is 1. The van der Waals surface area contributed by atoms with Crippen molar-refractivity contribution in [1.82, 2.24) is 0 Å². The minimum Gasteiger partial charge on any atom is -0.497 e. The maximum Gasteiger partial charge on any atom is 0.119 e. The summed E-state index contributed by atoms with van der Waals surface area (Å²) in [4.78, 5) is 0. The fourth-order valence-corrected chi connectivity index (χ4v) is 3.36. The molecule has 0 radical (unpaired) electrons. The Morgan fingerprint density at radius 3 is 2.44 bits per heavy atom. The predicted molar refractivity (Wildman–Crippen MR) is 73.6 cm³/mol. The van der Waals surface area contributed by atoms with Gasteiger partial charge >= 0.3 is 0 Å². The molecule has 1 aliphatic rings. The van der Waals surface area contributed by atoms with Gasteiger partial charge in [0.1, 0.15) is 5.75 Å². The number of rotatable bonds is 3.